The number of H-pyrrole nitrogens is 1. The molecule has 2 aliphatic rings. The number of phosphoric acid groups is 3. The highest BCUT2D eigenvalue weighted by Crippen LogP contribution is 2.66. The van der Waals surface area contributed by atoms with E-state index in [1.54, 1.807) is 0 Å². The SMILES string of the molecule is Nc1nc2c(ncn2[C@@H]2O[C@]3(COP(=O)(O)OP(=O)(O)OP(=O)(O)O)CO[C@H]2C3O)c(=O)[nH]1. The van der Waals surface area contributed by atoms with Gasteiger partial charge in [-0.1, -0.05) is 0 Å². The Balaban J connectivity index is 1.52. The van der Waals surface area contributed by atoms with Gasteiger partial charge in [0, 0.05) is 0 Å². The molecule has 4 rings (SSSR count). The van der Waals surface area contributed by atoms with Crippen molar-refractivity contribution in [1.82, 2.24) is 19.5 Å². The van der Waals surface area contributed by atoms with Crippen LogP contribution in [0.15, 0.2) is 11.1 Å². The summed E-state index contributed by atoms with van der Waals surface area (Å²) in [5, 5.41) is 10.6. The fourth-order valence-corrected chi connectivity index (χ4v) is 6.44. The number of hydrogen-bond donors (Lipinski definition) is 7. The van der Waals surface area contributed by atoms with E-state index in [2.05, 4.69) is 28.1 Å². The molecule has 33 heavy (non-hydrogen) atoms. The Morgan fingerprint density at radius 1 is 1.24 bits per heavy atom. The van der Waals surface area contributed by atoms with Crippen molar-refractivity contribution in [2.45, 2.75) is 24.0 Å². The van der Waals surface area contributed by atoms with Gasteiger partial charge in [0.15, 0.2) is 17.4 Å². The molecule has 2 bridgehead atoms. The number of nitrogens with zero attached hydrogens (tertiary/aromatic N) is 3. The van der Waals surface area contributed by atoms with Crippen LogP contribution in [0.2, 0.25) is 0 Å². The molecule has 22 heteroatoms. The second kappa shape index (κ2) is 8.00. The lowest BCUT2D eigenvalue weighted by Crippen LogP contribution is -2.44. The fourth-order valence-electron chi connectivity index (χ4n) is 3.36. The molecule has 2 aliphatic heterocycles. The summed E-state index contributed by atoms with van der Waals surface area (Å²) in [5.41, 5.74) is 3.02. The predicted octanol–water partition coefficient (Wildman–Crippen LogP) is -1.93. The van der Waals surface area contributed by atoms with Gasteiger partial charge in [0.2, 0.25) is 5.95 Å². The van der Waals surface area contributed by atoms with Crippen molar-refractivity contribution in [3.05, 3.63) is 16.7 Å². The lowest BCUT2D eigenvalue weighted by molar-refractivity contribution is -0.183. The van der Waals surface area contributed by atoms with Crippen LogP contribution in [-0.2, 0) is 36.3 Å². The summed E-state index contributed by atoms with van der Waals surface area (Å²) in [6, 6.07) is 0. The second-order valence-corrected chi connectivity index (χ2v) is 11.4. The highest BCUT2D eigenvalue weighted by molar-refractivity contribution is 7.66. The standard InChI is InChI=1S/C11H16N5O14P3/c12-10-14-7-4(8(18)15-10)13-3-16(7)9-5-6(17)11(28-9,1-26-5)2-27-32(22,23)30-33(24,25)29-31(19,20)21/h3,5-6,9,17H,1-2H2,(H,22,23)(H,24,25)(H2,19,20,21)(H3,12,14,15,18)/t5-,6?,9+,11-/m0/s1. The topological polar surface area (TPSA) is 288 Å². The molecule has 184 valence electrons. The average molecular weight is 535 g/mol. The van der Waals surface area contributed by atoms with Crippen LogP contribution in [0.3, 0.4) is 0 Å². The lowest BCUT2D eigenvalue weighted by atomic mass is 10.0. The number of nitrogen functional groups attached to an aromatic ring is 1. The molecule has 0 saturated carbocycles. The predicted molar refractivity (Wildman–Crippen MR) is 101 cm³/mol. The molecular formula is C11H16N5O14P3. The average Bonchev–Trinajstić information content (AvgIpc) is 3.27. The van der Waals surface area contributed by atoms with E-state index in [1.165, 1.54) is 10.9 Å². The zero-order valence-electron chi connectivity index (χ0n) is 15.9. The first-order chi connectivity index (χ1) is 15.1. The molecule has 2 aromatic rings. The van der Waals surface area contributed by atoms with Crippen LogP contribution in [0.25, 0.3) is 11.2 Å². The third-order valence-corrected chi connectivity index (χ3v) is 8.40. The molecule has 2 aromatic heterocycles. The first kappa shape index (κ1) is 24.6. The van der Waals surface area contributed by atoms with Crippen LogP contribution in [0.5, 0.6) is 0 Å². The first-order valence-electron chi connectivity index (χ1n) is 8.60. The third kappa shape index (κ3) is 4.82. The minimum Gasteiger partial charge on any atom is -0.387 e. The van der Waals surface area contributed by atoms with E-state index in [9.17, 15) is 33.4 Å². The molecule has 6 atom stereocenters. The summed E-state index contributed by atoms with van der Waals surface area (Å²) in [5.74, 6) is -0.221. The highest BCUT2D eigenvalue weighted by atomic mass is 31.3. The Morgan fingerprint density at radius 3 is 2.61 bits per heavy atom. The van der Waals surface area contributed by atoms with Crippen LogP contribution < -0.4 is 11.3 Å². The molecule has 3 unspecified atom stereocenters. The summed E-state index contributed by atoms with van der Waals surface area (Å²) in [4.78, 5) is 58.1. The minimum absolute atomic E-state index is 0.00682. The van der Waals surface area contributed by atoms with Crippen molar-refractivity contribution in [2.24, 2.45) is 0 Å². The van der Waals surface area contributed by atoms with Crippen molar-refractivity contribution in [3.8, 4) is 0 Å². The number of aliphatic hydroxyl groups is 1. The van der Waals surface area contributed by atoms with Crippen molar-refractivity contribution in [1.29, 1.82) is 0 Å². The van der Waals surface area contributed by atoms with Crippen LogP contribution in [0.1, 0.15) is 6.23 Å². The second-order valence-electron chi connectivity index (χ2n) is 6.93. The van der Waals surface area contributed by atoms with E-state index in [0.29, 0.717) is 0 Å². The largest absolute Gasteiger partial charge is 0.490 e. The van der Waals surface area contributed by atoms with E-state index < -0.39 is 59.7 Å². The molecule has 0 amide bonds. The normalized spacial score (nSPS) is 31.0. The van der Waals surface area contributed by atoms with Crippen molar-refractivity contribution in [2.75, 3.05) is 18.9 Å². The van der Waals surface area contributed by atoms with Gasteiger partial charge in [0.1, 0.15) is 17.8 Å². The number of imidazole rings is 1. The van der Waals surface area contributed by atoms with Crippen molar-refractivity contribution >= 4 is 40.6 Å². The Labute approximate surface area is 181 Å². The Hall–Kier alpha value is -1.56. The molecule has 0 aliphatic carbocycles. The number of aromatic amines is 1. The van der Waals surface area contributed by atoms with Gasteiger partial charge in [-0.25, -0.2) is 18.7 Å². The summed E-state index contributed by atoms with van der Waals surface area (Å²) >= 11 is 0. The van der Waals surface area contributed by atoms with E-state index in [1.807, 2.05) is 0 Å². The Morgan fingerprint density at radius 2 is 1.94 bits per heavy atom. The number of phosphoric ester groups is 1. The van der Waals surface area contributed by atoms with Gasteiger partial charge in [0.25, 0.3) is 5.56 Å². The Bertz CT molecular complexity index is 1290. The quantitative estimate of drug-likeness (QED) is 0.181. The van der Waals surface area contributed by atoms with Crippen LogP contribution in [0.4, 0.5) is 5.95 Å². The summed E-state index contributed by atoms with van der Waals surface area (Å²) in [7, 11) is -16.7. The van der Waals surface area contributed by atoms with Crippen LogP contribution in [-0.4, -0.2) is 75.2 Å². The molecule has 0 aromatic carbocycles. The van der Waals surface area contributed by atoms with Gasteiger partial charge in [-0.15, -0.1) is 0 Å². The lowest BCUT2D eigenvalue weighted by Gasteiger charge is -2.31. The molecule has 0 spiro atoms. The van der Waals surface area contributed by atoms with Crippen LogP contribution in [0, 0.1) is 0 Å². The maximum absolute atomic E-state index is 12.0. The number of nitrogens with one attached hydrogen (secondary N) is 1. The molecule has 2 fully saturated rings. The van der Waals surface area contributed by atoms with Gasteiger partial charge >= 0.3 is 23.5 Å². The minimum atomic E-state index is -5.72. The van der Waals surface area contributed by atoms with Gasteiger partial charge in [-0.2, -0.15) is 13.6 Å². The molecular weight excluding hydrogens is 519 g/mol. The molecule has 2 saturated heterocycles. The van der Waals surface area contributed by atoms with Crippen LogP contribution >= 0.6 is 23.5 Å². The van der Waals surface area contributed by atoms with Gasteiger partial charge in [-0.3, -0.25) is 18.9 Å². The number of ether oxygens (including phenoxy) is 2. The summed E-state index contributed by atoms with van der Waals surface area (Å²) < 4.78 is 58.4. The van der Waals surface area contributed by atoms with Gasteiger partial charge in [-0.05, 0) is 0 Å². The molecule has 4 heterocycles. The monoisotopic (exact) mass is 535 g/mol. The smallest absolute Gasteiger partial charge is 0.387 e. The zero-order valence-corrected chi connectivity index (χ0v) is 18.6. The number of aliphatic hydroxyl groups excluding tert-OH is 1. The number of rotatable bonds is 8. The third-order valence-electron chi connectivity index (χ3n) is 4.62. The fraction of sp³-hybridized carbons (Fsp3) is 0.545. The maximum atomic E-state index is 12.0. The zero-order chi connectivity index (χ0) is 24.4. The molecule has 0 radical (unpaired) electrons. The van der Waals surface area contributed by atoms with Crippen molar-refractivity contribution < 1.29 is 61.0 Å². The molecule has 8 N–H and O–H groups in total. The number of fused-ring (bicyclic) bond motifs is 3. The summed E-state index contributed by atoms with van der Waals surface area (Å²) in [6.07, 6.45) is -2.51. The number of nitrogens with two attached hydrogens (primary N) is 1. The summed E-state index contributed by atoms with van der Waals surface area (Å²) in [6.45, 7) is -1.29. The van der Waals surface area contributed by atoms with Gasteiger partial charge < -0.3 is 39.9 Å². The maximum Gasteiger partial charge on any atom is 0.490 e. The van der Waals surface area contributed by atoms with E-state index >= 15 is 0 Å². The van der Waals surface area contributed by atoms with E-state index in [0.717, 1.165) is 0 Å². The highest BCUT2D eigenvalue weighted by Gasteiger charge is 2.63. The van der Waals surface area contributed by atoms with Gasteiger partial charge in [0.05, 0.1) is 19.5 Å². The van der Waals surface area contributed by atoms with Crippen molar-refractivity contribution in [3.63, 3.8) is 0 Å². The number of hydrogen-bond acceptors (Lipinski definition) is 13. The van der Waals surface area contributed by atoms with E-state index in [4.69, 9.17) is 25.0 Å². The van der Waals surface area contributed by atoms with E-state index in [-0.39, 0.29) is 23.7 Å². The Kier molecular flexibility index (Phi) is 5.95. The number of aromatic nitrogens is 4. The first-order valence-corrected chi connectivity index (χ1v) is 13.1. The molecule has 19 nitrogen and oxygen atoms in total. The number of anilines is 1.